The molecule has 0 aliphatic heterocycles. The smallest absolute Gasteiger partial charge is 0.550 e. The molecular weight excluding hydrogens is 170 g/mol. The number of hydrogen-bond donors (Lipinski definition) is 0. The van der Waals surface area contributed by atoms with Gasteiger partial charge in [0, 0.05) is 11.9 Å². The maximum absolute atomic E-state index is 9.66. The third-order valence-electron chi connectivity index (χ3n) is 0.762. The summed E-state index contributed by atoms with van der Waals surface area (Å²) in [5.41, 5.74) is 0. The molecular formula is C5H6Na2O4. The van der Waals surface area contributed by atoms with Crippen LogP contribution in [0, 0.1) is 0 Å². The summed E-state index contributed by atoms with van der Waals surface area (Å²) in [6.07, 6.45) is -0.341. The molecule has 0 unspecified atom stereocenters. The fourth-order valence-electron chi connectivity index (χ4n) is 0.377. The SMILES string of the molecule is O=C([O-])CCCC(=O)[O-].[Na+].[Na+]. The third-order valence-corrected chi connectivity index (χ3v) is 0.762. The van der Waals surface area contributed by atoms with Gasteiger partial charge < -0.3 is 19.8 Å². The zero-order valence-electron chi connectivity index (χ0n) is 6.75. The number of carbonyl (C=O) groups excluding carboxylic acids is 2. The Balaban J connectivity index is -0.000000320. The molecule has 0 aromatic heterocycles. The van der Waals surface area contributed by atoms with Crippen LogP contribution in [0.5, 0.6) is 0 Å². The molecule has 52 valence electrons. The molecule has 0 aromatic rings. The number of carboxylic acids is 2. The first kappa shape index (κ1) is 17.9. The molecule has 0 fully saturated rings. The predicted octanol–water partition coefficient (Wildman–Crippen LogP) is -8.34. The average Bonchev–Trinajstić information content (AvgIpc) is 1.63. The van der Waals surface area contributed by atoms with E-state index in [-0.39, 0.29) is 78.4 Å². The average molecular weight is 176 g/mol. The molecule has 0 aliphatic carbocycles. The van der Waals surface area contributed by atoms with Crippen LogP contribution in [0.3, 0.4) is 0 Å². The Morgan fingerprint density at radius 3 is 1.36 bits per heavy atom. The molecule has 0 saturated carbocycles. The van der Waals surface area contributed by atoms with Gasteiger partial charge in [0.1, 0.15) is 0 Å². The first-order chi connectivity index (χ1) is 4.13. The molecule has 6 heteroatoms. The number of carboxylic acid groups (broad SMARTS) is 2. The summed E-state index contributed by atoms with van der Waals surface area (Å²) in [6.45, 7) is 0. The summed E-state index contributed by atoms with van der Waals surface area (Å²) >= 11 is 0. The van der Waals surface area contributed by atoms with Crippen molar-refractivity contribution in [3.8, 4) is 0 Å². The molecule has 0 heterocycles. The Hall–Kier alpha value is 0.940. The fourth-order valence-corrected chi connectivity index (χ4v) is 0.377. The van der Waals surface area contributed by atoms with Crippen molar-refractivity contribution in [1.82, 2.24) is 0 Å². The first-order valence-corrected chi connectivity index (χ1v) is 2.52. The molecule has 0 atom stereocenters. The number of hydrogen-bond acceptors (Lipinski definition) is 4. The van der Waals surface area contributed by atoms with Crippen LogP contribution in [0.1, 0.15) is 19.3 Å². The van der Waals surface area contributed by atoms with Gasteiger partial charge in [-0.2, -0.15) is 0 Å². The Kier molecular flexibility index (Phi) is 17.8. The van der Waals surface area contributed by atoms with E-state index in [4.69, 9.17) is 0 Å². The predicted molar refractivity (Wildman–Crippen MR) is 23.9 cm³/mol. The number of rotatable bonds is 4. The zero-order valence-corrected chi connectivity index (χ0v) is 10.8. The number of aliphatic carboxylic acids is 2. The van der Waals surface area contributed by atoms with E-state index < -0.39 is 11.9 Å². The maximum Gasteiger partial charge on any atom is 1.00 e. The summed E-state index contributed by atoms with van der Waals surface area (Å²) in [7, 11) is 0. The molecule has 0 rings (SSSR count). The van der Waals surface area contributed by atoms with E-state index in [2.05, 4.69) is 0 Å². The van der Waals surface area contributed by atoms with Crippen LogP contribution in [0.15, 0.2) is 0 Å². The summed E-state index contributed by atoms with van der Waals surface area (Å²) in [5.74, 6) is -2.45. The van der Waals surface area contributed by atoms with E-state index in [1.807, 2.05) is 0 Å². The largest absolute Gasteiger partial charge is 1.00 e. The third kappa shape index (κ3) is 18.2. The molecule has 0 bridgehead atoms. The van der Waals surface area contributed by atoms with Gasteiger partial charge in [-0.05, 0) is 19.3 Å². The van der Waals surface area contributed by atoms with Crippen LogP contribution in [0.25, 0.3) is 0 Å². The van der Waals surface area contributed by atoms with Crippen molar-refractivity contribution in [3.63, 3.8) is 0 Å². The quantitative estimate of drug-likeness (QED) is 0.398. The second kappa shape index (κ2) is 10.9. The Morgan fingerprint density at radius 2 is 1.18 bits per heavy atom. The minimum Gasteiger partial charge on any atom is -0.550 e. The summed E-state index contributed by atoms with van der Waals surface area (Å²) in [6, 6.07) is 0. The normalized spacial score (nSPS) is 7.27. The van der Waals surface area contributed by atoms with E-state index in [1.165, 1.54) is 0 Å². The standard InChI is InChI=1S/C5H8O4.2Na/c6-4(7)2-1-3-5(8)9;;/h1-3H2,(H,6,7)(H,8,9);;/q;2*+1/p-2. The van der Waals surface area contributed by atoms with Crippen molar-refractivity contribution in [2.75, 3.05) is 0 Å². The van der Waals surface area contributed by atoms with E-state index >= 15 is 0 Å². The van der Waals surface area contributed by atoms with Gasteiger partial charge in [0.05, 0.1) is 0 Å². The Bertz CT molecular complexity index is 112. The van der Waals surface area contributed by atoms with Crippen LogP contribution in [0.2, 0.25) is 0 Å². The molecule has 0 N–H and O–H groups in total. The monoisotopic (exact) mass is 176 g/mol. The zero-order chi connectivity index (χ0) is 7.28. The van der Waals surface area contributed by atoms with Gasteiger partial charge in [-0.15, -0.1) is 0 Å². The summed E-state index contributed by atoms with van der Waals surface area (Å²) < 4.78 is 0. The van der Waals surface area contributed by atoms with Crippen LogP contribution in [-0.2, 0) is 9.59 Å². The topological polar surface area (TPSA) is 80.3 Å². The molecule has 0 aromatic carbocycles. The molecule has 11 heavy (non-hydrogen) atoms. The minimum atomic E-state index is -1.23. The second-order valence-electron chi connectivity index (χ2n) is 1.60. The maximum atomic E-state index is 9.66. The van der Waals surface area contributed by atoms with Gasteiger partial charge in [0.25, 0.3) is 0 Å². The van der Waals surface area contributed by atoms with Gasteiger partial charge >= 0.3 is 59.1 Å². The van der Waals surface area contributed by atoms with Crippen molar-refractivity contribution in [2.45, 2.75) is 19.3 Å². The van der Waals surface area contributed by atoms with Crippen LogP contribution < -0.4 is 69.3 Å². The van der Waals surface area contributed by atoms with Crippen molar-refractivity contribution in [2.24, 2.45) is 0 Å². The summed E-state index contributed by atoms with van der Waals surface area (Å²) in [5, 5.41) is 19.3. The first-order valence-electron chi connectivity index (χ1n) is 2.52. The molecule has 4 nitrogen and oxygen atoms in total. The molecule has 0 aliphatic rings. The molecule has 0 radical (unpaired) electrons. The fraction of sp³-hybridized carbons (Fsp3) is 0.600. The van der Waals surface area contributed by atoms with Crippen molar-refractivity contribution >= 4 is 11.9 Å². The van der Waals surface area contributed by atoms with E-state index in [1.54, 1.807) is 0 Å². The van der Waals surface area contributed by atoms with Gasteiger partial charge in [0.2, 0.25) is 0 Å². The van der Waals surface area contributed by atoms with Gasteiger partial charge in [0.15, 0.2) is 0 Å². The second-order valence-corrected chi connectivity index (χ2v) is 1.60. The van der Waals surface area contributed by atoms with Crippen molar-refractivity contribution in [1.29, 1.82) is 0 Å². The van der Waals surface area contributed by atoms with E-state index in [0.29, 0.717) is 0 Å². The molecule has 0 saturated heterocycles. The van der Waals surface area contributed by atoms with Crippen molar-refractivity contribution < 1.29 is 78.9 Å². The molecule has 0 amide bonds. The van der Waals surface area contributed by atoms with Gasteiger partial charge in [-0.1, -0.05) is 0 Å². The Labute approximate surface area is 109 Å². The van der Waals surface area contributed by atoms with Crippen LogP contribution in [-0.4, -0.2) is 11.9 Å². The minimum absolute atomic E-state index is 0. The molecule has 0 spiro atoms. The van der Waals surface area contributed by atoms with Gasteiger partial charge in [-0.25, -0.2) is 0 Å². The summed E-state index contributed by atoms with van der Waals surface area (Å²) in [4.78, 5) is 19.3. The van der Waals surface area contributed by atoms with Gasteiger partial charge in [-0.3, -0.25) is 0 Å². The van der Waals surface area contributed by atoms with E-state index in [0.717, 1.165) is 0 Å². The van der Waals surface area contributed by atoms with Crippen molar-refractivity contribution in [3.05, 3.63) is 0 Å². The Morgan fingerprint density at radius 1 is 0.909 bits per heavy atom. The number of carbonyl (C=O) groups is 2. The van der Waals surface area contributed by atoms with Crippen LogP contribution in [0.4, 0.5) is 0 Å². The van der Waals surface area contributed by atoms with E-state index in [9.17, 15) is 19.8 Å². The van der Waals surface area contributed by atoms with Crippen LogP contribution >= 0.6 is 0 Å².